The lowest BCUT2D eigenvalue weighted by Gasteiger charge is -2.22. The maximum absolute atomic E-state index is 14.6. The zero-order valence-corrected chi connectivity index (χ0v) is 17.8. The number of anilines is 2. The summed E-state index contributed by atoms with van der Waals surface area (Å²) in [5.41, 5.74) is 1.28. The molecule has 0 amide bonds. The number of alkyl halides is 2. The molecule has 1 aliphatic rings. The van der Waals surface area contributed by atoms with Crippen LogP contribution in [0.2, 0.25) is 0 Å². The highest BCUT2D eigenvalue weighted by Gasteiger charge is 2.22. The van der Waals surface area contributed by atoms with Crippen molar-refractivity contribution in [2.45, 2.75) is 39.2 Å². The number of hydrogen-bond acceptors (Lipinski definition) is 5. The number of aryl methyl sites for hydroxylation is 1. The predicted octanol–water partition coefficient (Wildman–Crippen LogP) is 5.80. The zero-order valence-electron chi connectivity index (χ0n) is 17.8. The second kappa shape index (κ2) is 8.61. The molecule has 4 rings (SSSR count). The van der Waals surface area contributed by atoms with Crippen LogP contribution in [0.15, 0.2) is 30.3 Å². The molecule has 5 nitrogen and oxygen atoms in total. The normalized spacial score (nSPS) is 15.0. The maximum Gasteiger partial charge on any atom is 0.266 e. The Morgan fingerprint density at radius 3 is 2.48 bits per heavy atom. The number of methoxy groups -OCH3 is 1. The first kappa shape index (κ1) is 21.2. The maximum atomic E-state index is 14.6. The van der Waals surface area contributed by atoms with Gasteiger partial charge in [-0.1, -0.05) is 18.2 Å². The van der Waals surface area contributed by atoms with Crippen molar-refractivity contribution in [1.29, 1.82) is 0 Å². The second-order valence-corrected chi connectivity index (χ2v) is 7.77. The summed E-state index contributed by atoms with van der Waals surface area (Å²) < 4.78 is 46.5. The quantitative estimate of drug-likeness (QED) is 0.536. The van der Waals surface area contributed by atoms with Gasteiger partial charge in [0.1, 0.15) is 23.2 Å². The minimum atomic E-state index is -2.87. The van der Waals surface area contributed by atoms with Gasteiger partial charge >= 0.3 is 0 Å². The van der Waals surface area contributed by atoms with E-state index < -0.39 is 23.8 Å². The van der Waals surface area contributed by atoms with Crippen molar-refractivity contribution < 1.29 is 17.9 Å². The van der Waals surface area contributed by atoms with E-state index in [1.54, 1.807) is 21.0 Å². The van der Waals surface area contributed by atoms with E-state index in [0.29, 0.717) is 17.4 Å². The van der Waals surface area contributed by atoms with Crippen LogP contribution in [0.3, 0.4) is 0 Å². The topological polar surface area (TPSA) is 50.3 Å². The molecular formula is C23H25F3N4O. The van der Waals surface area contributed by atoms with Crippen molar-refractivity contribution >= 4 is 22.4 Å². The van der Waals surface area contributed by atoms with Crippen molar-refractivity contribution in [3.8, 4) is 5.75 Å². The predicted molar refractivity (Wildman–Crippen MR) is 116 cm³/mol. The highest BCUT2D eigenvalue weighted by molar-refractivity contribution is 5.94. The number of rotatable bonds is 6. The summed E-state index contributed by atoms with van der Waals surface area (Å²) in [5, 5.41) is 3.91. The molecule has 1 aliphatic heterocycles. The first-order chi connectivity index (χ1) is 14.9. The molecular weight excluding hydrogens is 405 g/mol. The summed E-state index contributed by atoms with van der Waals surface area (Å²) in [6, 6.07) is 7.32. The molecule has 164 valence electrons. The van der Waals surface area contributed by atoms with E-state index in [0.717, 1.165) is 48.6 Å². The van der Waals surface area contributed by atoms with Crippen LogP contribution < -0.4 is 15.0 Å². The van der Waals surface area contributed by atoms with Crippen LogP contribution in [-0.4, -0.2) is 30.2 Å². The molecule has 1 saturated heterocycles. The fourth-order valence-electron chi connectivity index (χ4n) is 4.09. The SMILES string of the molecule is COc1cc2c(N[C@H](C)c3cccc(C(F)F)c3F)nc(C)nc2cc1N1CCCC1. The molecule has 0 spiro atoms. The van der Waals surface area contributed by atoms with Gasteiger partial charge in [-0.05, 0) is 38.8 Å². The summed E-state index contributed by atoms with van der Waals surface area (Å²) in [7, 11) is 1.62. The fraction of sp³-hybridized carbons (Fsp3) is 0.391. The van der Waals surface area contributed by atoms with E-state index in [1.807, 2.05) is 12.1 Å². The number of nitrogens with one attached hydrogen (secondary N) is 1. The Kier molecular flexibility index (Phi) is 5.89. The summed E-state index contributed by atoms with van der Waals surface area (Å²) >= 11 is 0. The number of nitrogens with zero attached hydrogens (tertiary/aromatic N) is 3. The van der Waals surface area contributed by atoms with Gasteiger partial charge < -0.3 is 15.0 Å². The summed E-state index contributed by atoms with van der Waals surface area (Å²) in [5.74, 6) is 0.870. The van der Waals surface area contributed by atoms with E-state index >= 15 is 0 Å². The highest BCUT2D eigenvalue weighted by atomic mass is 19.3. The van der Waals surface area contributed by atoms with Gasteiger partial charge in [0.05, 0.1) is 29.9 Å². The first-order valence-corrected chi connectivity index (χ1v) is 10.3. The monoisotopic (exact) mass is 430 g/mol. The number of halogens is 3. The number of benzene rings is 2. The number of ether oxygens (including phenoxy) is 1. The molecule has 0 bridgehead atoms. The van der Waals surface area contributed by atoms with Gasteiger partial charge in [-0.25, -0.2) is 23.1 Å². The molecule has 1 N–H and O–H groups in total. The Hall–Kier alpha value is -3.03. The van der Waals surface area contributed by atoms with Crippen molar-refractivity contribution in [2.75, 3.05) is 30.4 Å². The minimum absolute atomic E-state index is 0.155. The molecule has 0 saturated carbocycles. The third-order valence-electron chi connectivity index (χ3n) is 5.67. The summed E-state index contributed by atoms with van der Waals surface area (Å²) in [6.07, 6.45) is -0.600. The van der Waals surface area contributed by atoms with Gasteiger partial charge in [0.15, 0.2) is 0 Å². The Morgan fingerprint density at radius 2 is 1.81 bits per heavy atom. The smallest absolute Gasteiger partial charge is 0.266 e. The Bertz CT molecular complexity index is 1100. The van der Waals surface area contributed by atoms with E-state index in [9.17, 15) is 13.2 Å². The highest BCUT2D eigenvalue weighted by Crippen LogP contribution is 2.37. The van der Waals surface area contributed by atoms with Crippen LogP contribution in [0.5, 0.6) is 5.75 Å². The molecule has 3 aromatic rings. The largest absolute Gasteiger partial charge is 0.495 e. The molecule has 2 aromatic carbocycles. The molecule has 8 heteroatoms. The number of aromatic nitrogens is 2. The van der Waals surface area contributed by atoms with Crippen molar-refractivity contribution in [1.82, 2.24) is 9.97 Å². The third-order valence-corrected chi connectivity index (χ3v) is 5.67. The standard InChI is InChI=1S/C23H25F3N4O/c1-13(15-7-6-8-16(21(15)24)22(25)26)27-23-17-11-20(31-3)19(30-9-4-5-10-30)12-18(17)28-14(2)29-23/h6-8,11-13,22H,4-5,9-10H2,1-3H3,(H,27,28,29)/t13-/m1/s1. The van der Waals surface area contributed by atoms with Gasteiger partial charge in [0, 0.05) is 24.0 Å². The molecule has 0 radical (unpaired) electrons. The molecule has 0 aliphatic carbocycles. The van der Waals surface area contributed by atoms with Crippen LogP contribution in [0.4, 0.5) is 24.7 Å². The average Bonchev–Trinajstić information content (AvgIpc) is 3.27. The fourth-order valence-corrected chi connectivity index (χ4v) is 4.09. The Balaban J connectivity index is 1.75. The minimum Gasteiger partial charge on any atom is -0.495 e. The summed E-state index contributed by atoms with van der Waals surface area (Å²) in [6.45, 7) is 5.43. The molecule has 1 atom stereocenters. The van der Waals surface area contributed by atoms with Crippen LogP contribution >= 0.6 is 0 Å². The van der Waals surface area contributed by atoms with Gasteiger partial charge in [-0.2, -0.15) is 0 Å². The van der Waals surface area contributed by atoms with Crippen molar-refractivity contribution in [3.05, 3.63) is 53.1 Å². The van der Waals surface area contributed by atoms with Gasteiger partial charge in [0.2, 0.25) is 0 Å². The number of fused-ring (bicyclic) bond motifs is 1. The van der Waals surface area contributed by atoms with E-state index in [2.05, 4.69) is 20.2 Å². The van der Waals surface area contributed by atoms with Crippen LogP contribution in [0, 0.1) is 12.7 Å². The molecule has 1 fully saturated rings. The van der Waals surface area contributed by atoms with E-state index in [-0.39, 0.29) is 5.56 Å². The first-order valence-electron chi connectivity index (χ1n) is 10.3. The van der Waals surface area contributed by atoms with Crippen LogP contribution in [0.1, 0.15) is 49.2 Å². The molecule has 2 heterocycles. The lowest BCUT2D eigenvalue weighted by molar-refractivity contribution is 0.146. The van der Waals surface area contributed by atoms with Crippen molar-refractivity contribution in [2.24, 2.45) is 0 Å². The summed E-state index contributed by atoms with van der Waals surface area (Å²) in [4.78, 5) is 11.3. The molecule has 1 aromatic heterocycles. The van der Waals surface area contributed by atoms with Crippen molar-refractivity contribution in [3.63, 3.8) is 0 Å². The van der Waals surface area contributed by atoms with Gasteiger partial charge in [-0.3, -0.25) is 0 Å². The molecule has 31 heavy (non-hydrogen) atoms. The third kappa shape index (κ3) is 4.11. The van der Waals surface area contributed by atoms with E-state index in [4.69, 9.17) is 4.74 Å². The Morgan fingerprint density at radius 1 is 1.10 bits per heavy atom. The Labute approximate surface area is 179 Å². The lowest BCUT2D eigenvalue weighted by Crippen LogP contribution is -2.18. The number of hydrogen-bond donors (Lipinski definition) is 1. The second-order valence-electron chi connectivity index (χ2n) is 7.77. The zero-order chi connectivity index (χ0) is 22.1. The van der Waals surface area contributed by atoms with Gasteiger partial charge in [0.25, 0.3) is 6.43 Å². The van der Waals surface area contributed by atoms with Crippen LogP contribution in [-0.2, 0) is 0 Å². The van der Waals surface area contributed by atoms with E-state index in [1.165, 1.54) is 12.1 Å². The van der Waals surface area contributed by atoms with Gasteiger partial charge in [-0.15, -0.1) is 0 Å². The average molecular weight is 430 g/mol. The lowest BCUT2D eigenvalue weighted by atomic mass is 10.0. The molecule has 0 unspecified atom stereocenters. The van der Waals surface area contributed by atoms with Crippen LogP contribution in [0.25, 0.3) is 10.9 Å².